The number of hydrogen-bond acceptors (Lipinski definition) is 3. The summed E-state index contributed by atoms with van der Waals surface area (Å²) in [5.41, 5.74) is 8.97. The summed E-state index contributed by atoms with van der Waals surface area (Å²) in [7, 11) is 0. The van der Waals surface area contributed by atoms with E-state index in [1.165, 1.54) is 40.3 Å². The zero-order valence-corrected chi connectivity index (χ0v) is 12.8. The van der Waals surface area contributed by atoms with Gasteiger partial charge in [-0.3, -0.25) is 0 Å². The van der Waals surface area contributed by atoms with Crippen LogP contribution in [0.1, 0.15) is 34.2 Å². The van der Waals surface area contributed by atoms with Crippen molar-refractivity contribution in [3.63, 3.8) is 0 Å². The molecule has 0 spiro atoms. The fourth-order valence-corrected chi connectivity index (χ4v) is 4.08. The number of rotatable bonds is 3. The second-order valence-corrected chi connectivity index (χ2v) is 6.80. The maximum atomic E-state index is 6.12. The lowest BCUT2D eigenvalue weighted by Crippen LogP contribution is -2.34. The number of nitrogens with two attached hydrogens (primary N) is 1. The topological polar surface area (TPSA) is 29.3 Å². The molecule has 0 radical (unpaired) electrons. The Hall–Kier alpha value is -1.32. The van der Waals surface area contributed by atoms with Gasteiger partial charge in [0.15, 0.2) is 0 Å². The molecule has 1 unspecified atom stereocenters. The van der Waals surface area contributed by atoms with Gasteiger partial charge in [-0.15, -0.1) is 11.3 Å². The molecule has 0 saturated heterocycles. The van der Waals surface area contributed by atoms with Gasteiger partial charge in [-0.2, -0.15) is 0 Å². The highest BCUT2D eigenvalue weighted by Crippen LogP contribution is 2.35. The number of benzene rings is 1. The first kappa shape index (κ1) is 13.7. The standard InChI is InChI=1S/C17H22N2S/c1-13-9-10-17(20-13)16(12-18)19-11-5-4-7-14-6-2-3-8-15(14)19/h2-3,6,8-10,16H,4-5,7,11-12,18H2,1H3. The summed E-state index contributed by atoms with van der Waals surface area (Å²) in [6.45, 7) is 3.95. The molecule has 1 atom stereocenters. The summed E-state index contributed by atoms with van der Waals surface area (Å²) in [6, 6.07) is 13.6. The Labute approximate surface area is 125 Å². The van der Waals surface area contributed by atoms with E-state index in [0.717, 1.165) is 6.54 Å². The number of fused-ring (bicyclic) bond motifs is 1. The number of hydrogen-bond donors (Lipinski definition) is 1. The van der Waals surface area contributed by atoms with Crippen LogP contribution in [0.15, 0.2) is 36.4 Å². The molecule has 0 fully saturated rings. The Morgan fingerprint density at radius 3 is 2.80 bits per heavy atom. The number of anilines is 1. The lowest BCUT2D eigenvalue weighted by Gasteiger charge is -2.32. The number of para-hydroxylation sites is 1. The Balaban J connectivity index is 1.99. The predicted octanol–water partition coefficient (Wildman–Crippen LogP) is 3.90. The fourth-order valence-electron chi connectivity index (χ4n) is 3.07. The highest BCUT2D eigenvalue weighted by molar-refractivity contribution is 7.12. The largest absolute Gasteiger partial charge is 0.362 e. The van der Waals surface area contributed by atoms with E-state index >= 15 is 0 Å². The van der Waals surface area contributed by atoms with Crippen molar-refractivity contribution in [2.24, 2.45) is 5.73 Å². The molecule has 1 aromatic carbocycles. The van der Waals surface area contributed by atoms with E-state index in [-0.39, 0.29) is 0 Å². The van der Waals surface area contributed by atoms with Gasteiger partial charge < -0.3 is 10.6 Å². The zero-order chi connectivity index (χ0) is 13.9. The van der Waals surface area contributed by atoms with Gasteiger partial charge in [-0.25, -0.2) is 0 Å². The minimum Gasteiger partial charge on any atom is -0.362 e. The molecule has 0 bridgehead atoms. The minimum absolute atomic E-state index is 0.313. The third-order valence-corrected chi connectivity index (χ3v) is 5.19. The first-order chi connectivity index (χ1) is 9.79. The van der Waals surface area contributed by atoms with Crippen molar-refractivity contribution in [1.82, 2.24) is 0 Å². The molecule has 1 aromatic heterocycles. The van der Waals surface area contributed by atoms with Crippen LogP contribution in [0.4, 0.5) is 5.69 Å². The van der Waals surface area contributed by atoms with E-state index in [1.807, 2.05) is 11.3 Å². The normalized spacial score (nSPS) is 16.6. The van der Waals surface area contributed by atoms with Crippen LogP contribution in [0.3, 0.4) is 0 Å². The van der Waals surface area contributed by atoms with Crippen LogP contribution < -0.4 is 10.6 Å². The molecule has 2 aromatic rings. The smallest absolute Gasteiger partial charge is 0.0757 e. The average Bonchev–Trinajstić information content (AvgIpc) is 2.78. The maximum absolute atomic E-state index is 6.12. The van der Waals surface area contributed by atoms with E-state index < -0.39 is 0 Å². The number of nitrogens with zero attached hydrogens (tertiary/aromatic N) is 1. The van der Waals surface area contributed by atoms with Crippen molar-refractivity contribution in [2.75, 3.05) is 18.0 Å². The Bertz CT molecular complexity index is 576. The molecule has 20 heavy (non-hydrogen) atoms. The summed E-state index contributed by atoms with van der Waals surface area (Å²) in [5.74, 6) is 0. The van der Waals surface area contributed by atoms with Crippen LogP contribution in [0, 0.1) is 6.92 Å². The molecule has 0 aliphatic carbocycles. The van der Waals surface area contributed by atoms with E-state index in [2.05, 4.69) is 48.2 Å². The van der Waals surface area contributed by atoms with Crippen LogP contribution in [-0.2, 0) is 6.42 Å². The maximum Gasteiger partial charge on any atom is 0.0757 e. The van der Waals surface area contributed by atoms with Crippen LogP contribution in [0.25, 0.3) is 0 Å². The van der Waals surface area contributed by atoms with Crippen LogP contribution in [0.5, 0.6) is 0 Å². The van der Waals surface area contributed by atoms with Crippen LogP contribution in [-0.4, -0.2) is 13.1 Å². The molecule has 2 nitrogen and oxygen atoms in total. The van der Waals surface area contributed by atoms with Crippen molar-refractivity contribution in [3.8, 4) is 0 Å². The van der Waals surface area contributed by atoms with Gasteiger partial charge in [0.2, 0.25) is 0 Å². The van der Waals surface area contributed by atoms with E-state index in [0.29, 0.717) is 12.6 Å². The highest BCUT2D eigenvalue weighted by atomic mass is 32.1. The van der Waals surface area contributed by atoms with Gasteiger partial charge in [0.1, 0.15) is 0 Å². The van der Waals surface area contributed by atoms with Crippen molar-refractivity contribution < 1.29 is 0 Å². The average molecular weight is 286 g/mol. The lowest BCUT2D eigenvalue weighted by atomic mass is 10.1. The number of aryl methyl sites for hydroxylation is 2. The van der Waals surface area contributed by atoms with Crippen molar-refractivity contribution in [2.45, 2.75) is 32.2 Å². The van der Waals surface area contributed by atoms with Gasteiger partial charge in [0.25, 0.3) is 0 Å². The second-order valence-electron chi connectivity index (χ2n) is 5.48. The highest BCUT2D eigenvalue weighted by Gasteiger charge is 2.24. The SMILES string of the molecule is Cc1ccc(C(CN)N2CCCCc3ccccc32)s1. The summed E-state index contributed by atoms with van der Waals surface area (Å²) in [6.07, 6.45) is 3.71. The van der Waals surface area contributed by atoms with Gasteiger partial charge >= 0.3 is 0 Å². The molecule has 0 amide bonds. The third-order valence-electron chi connectivity index (χ3n) is 4.09. The first-order valence-corrected chi connectivity index (χ1v) is 8.22. The van der Waals surface area contributed by atoms with Crippen molar-refractivity contribution >= 4 is 17.0 Å². The Morgan fingerprint density at radius 1 is 1.20 bits per heavy atom. The minimum atomic E-state index is 0.313. The molecule has 106 valence electrons. The summed E-state index contributed by atoms with van der Waals surface area (Å²) in [4.78, 5) is 5.27. The fraction of sp³-hybridized carbons (Fsp3) is 0.412. The number of thiophene rings is 1. The third kappa shape index (κ3) is 2.60. The molecule has 1 aliphatic heterocycles. The van der Waals surface area contributed by atoms with Crippen LogP contribution >= 0.6 is 11.3 Å². The van der Waals surface area contributed by atoms with Crippen LogP contribution in [0.2, 0.25) is 0 Å². The van der Waals surface area contributed by atoms with Gasteiger partial charge in [0.05, 0.1) is 6.04 Å². The summed E-state index contributed by atoms with van der Waals surface area (Å²) >= 11 is 1.87. The zero-order valence-electron chi connectivity index (χ0n) is 12.0. The Kier molecular flexibility index (Phi) is 4.08. The summed E-state index contributed by atoms with van der Waals surface area (Å²) < 4.78 is 0. The van der Waals surface area contributed by atoms with Crippen molar-refractivity contribution in [1.29, 1.82) is 0 Å². The molecule has 0 saturated carbocycles. The molecular weight excluding hydrogens is 264 g/mol. The second kappa shape index (κ2) is 5.98. The molecular formula is C17H22N2S. The summed E-state index contributed by atoms with van der Waals surface area (Å²) in [5, 5.41) is 0. The molecule has 2 N–H and O–H groups in total. The Morgan fingerprint density at radius 2 is 2.05 bits per heavy atom. The van der Waals surface area contributed by atoms with Crippen molar-refractivity contribution in [3.05, 3.63) is 51.7 Å². The van der Waals surface area contributed by atoms with E-state index in [9.17, 15) is 0 Å². The molecule has 3 rings (SSSR count). The first-order valence-electron chi connectivity index (χ1n) is 7.40. The van der Waals surface area contributed by atoms with E-state index in [4.69, 9.17) is 5.73 Å². The van der Waals surface area contributed by atoms with Gasteiger partial charge in [0, 0.05) is 28.5 Å². The van der Waals surface area contributed by atoms with E-state index in [1.54, 1.807) is 0 Å². The molecule has 2 heterocycles. The predicted molar refractivity (Wildman–Crippen MR) is 87.6 cm³/mol. The lowest BCUT2D eigenvalue weighted by molar-refractivity contribution is 0.618. The van der Waals surface area contributed by atoms with Gasteiger partial charge in [-0.1, -0.05) is 18.2 Å². The monoisotopic (exact) mass is 286 g/mol. The molecule has 1 aliphatic rings. The quantitative estimate of drug-likeness (QED) is 0.927. The molecule has 3 heteroatoms. The van der Waals surface area contributed by atoms with Gasteiger partial charge in [-0.05, 0) is 49.9 Å².